The van der Waals surface area contributed by atoms with Crippen LogP contribution in [0, 0.1) is 20.8 Å². The minimum atomic E-state index is -0.845. The molecule has 0 bridgehead atoms. The van der Waals surface area contributed by atoms with E-state index in [4.69, 9.17) is 4.74 Å². The molecule has 0 unspecified atom stereocenters. The lowest BCUT2D eigenvalue weighted by atomic mass is 10.1. The third kappa shape index (κ3) is 4.69. The summed E-state index contributed by atoms with van der Waals surface area (Å²) in [5.74, 6) is -0.743. The average molecular weight is 325 g/mol. The number of rotatable bonds is 5. The Hall–Kier alpha value is -2.62. The first-order valence-electron chi connectivity index (χ1n) is 7.99. The van der Waals surface area contributed by atoms with Gasteiger partial charge in [0.25, 0.3) is 5.91 Å². The van der Waals surface area contributed by atoms with Crippen molar-refractivity contribution in [3.8, 4) is 0 Å². The van der Waals surface area contributed by atoms with Crippen molar-refractivity contribution in [3.05, 3.63) is 64.7 Å². The minimum Gasteiger partial charge on any atom is -0.452 e. The Morgan fingerprint density at radius 3 is 2.42 bits per heavy atom. The molecule has 0 aromatic heterocycles. The van der Waals surface area contributed by atoms with Crippen LogP contribution < -0.4 is 5.32 Å². The molecule has 1 amide bonds. The van der Waals surface area contributed by atoms with Crippen molar-refractivity contribution in [2.75, 3.05) is 5.32 Å². The zero-order chi connectivity index (χ0) is 17.7. The highest BCUT2D eigenvalue weighted by Crippen LogP contribution is 2.16. The lowest BCUT2D eigenvalue weighted by Crippen LogP contribution is -2.30. The van der Waals surface area contributed by atoms with Crippen molar-refractivity contribution in [1.29, 1.82) is 0 Å². The summed E-state index contributed by atoms with van der Waals surface area (Å²) in [7, 11) is 0. The van der Waals surface area contributed by atoms with E-state index in [-0.39, 0.29) is 12.3 Å². The van der Waals surface area contributed by atoms with E-state index in [1.54, 1.807) is 6.92 Å². The van der Waals surface area contributed by atoms with Gasteiger partial charge in [-0.15, -0.1) is 0 Å². The van der Waals surface area contributed by atoms with E-state index < -0.39 is 12.1 Å². The fraction of sp³-hybridized carbons (Fsp3) is 0.300. The summed E-state index contributed by atoms with van der Waals surface area (Å²) >= 11 is 0. The summed E-state index contributed by atoms with van der Waals surface area (Å²) in [6.07, 6.45) is -0.685. The summed E-state index contributed by atoms with van der Waals surface area (Å²) in [5.41, 5.74) is 4.77. The summed E-state index contributed by atoms with van der Waals surface area (Å²) in [6.45, 7) is 7.44. The molecule has 0 heterocycles. The summed E-state index contributed by atoms with van der Waals surface area (Å²) in [4.78, 5) is 24.3. The van der Waals surface area contributed by atoms with E-state index in [1.165, 1.54) is 0 Å². The van der Waals surface area contributed by atoms with Crippen LogP contribution >= 0.6 is 0 Å². The smallest absolute Gasteiger partial charge is 0.311 e. The number of esters is 1. The van der Waals surface area contributed by atoms with E-state index in [0.29, 0.717) is 0 Å². The molecule has 2 aromatic carbocycles. The molecule has 1 atom stereocenters. The number of amides is 1. The Morgan fingerprint density at radius 2 is 1.75 bits per heavy atom. The average Bonchev–Trinajstić information content (AvgIpc) is 2.52. The Bertz CT molecular complexity index is 752. The monoisotopic (exact) mass is 325 g/mol. The zero-order valence-electron chi connectivity index (χ0n) is 14.6. The predicted molar refractivity (Wildman–Crippen MR) is 95.0 cm³/mol. The van der Waals surface area contributed by atoms with Gasteiger partial charge in [0.1, 0.15) is 0 Å². The van der Waals surface area contributed by atoms with Crippen LogP contribution in [0.2, 0.25) is 0 Å². The van der Waals surface area contributed by atoms with Gasteiger partial charge in [0.15, 0.2) is 6.10 Å². The Kier molecular flexibility index (Phi) is 5.74. The van der Waals surface area contributed by atoms with Crippen LogP contribution in [-0.2, 0) is 20.7 Å². The molecule has 0 fully saturated rings. The number of carbonyl (C=O) groups excluding carboxylic acids is 2. The van der Waals surface area contributed by atoms with E-state index in [1.807, 2.05) is 63.2 Å². The van der Waals surface area contributed by atoms with Crippen molar-refractivity contribution in [2.45, 2.75) is 40.2 Å². The molecule has 4 heteroatoms. The first-order chi connectivity index (χ1) is 11.4. The number of benzene rings is 2. The van der Waals surface area contributed by atoms with E-state index in [2.05, 4.69) is 5.32 Å². The third-order valence-electron chi connectivity index (χ3n) is 3.91. The maximum atomic E-state index is 12.2. The van der Waals surface area contributed by atoms with Gasteiger partial charge in [-0.25, -0.2) is 0 Å². The summed E-state index contributed by atoms with van der Waals surface area (Å²) < 4.78 is 5.26. The molecule has 0 aliphatic heterocycles. The lowest BCUT2D eigenvalue weighted by Gasteiger charge is -2.15. The highest BCUT2D eigenvalue weighted by atomic mass is 16.5. The summed E-state index contributed by atoms with van der Waals surface area (Å²) in [5, 5.41) is 2.80. The quantitative estimate of drug-likeness (QED) is 0.852. The van der Waals surface area contributed by atoms with Crippen LogP contribution in [0.15, 0.2) is 42.5 Å². The number of aryl methyl sites for hydroxylation is 3. The van der Waals surface area contributed by atoms with Gasteiger partial charge in [0.05, 0.1) is 6.42 Å². The molecule has 0 aliphatic rings. The normalized spacial score (nSPS) is 11.7. The second kappa shape index (κ2) is 7.77. The predicted octanol–water partition coefficient (Wildman–Crippen LogP) is 3.72. The molecule has 0 spiro atoms. The second-order valence-corrected chi connectivity index (χ2v) is 6.04. The van der Waals surface area contributed by atoms with Crippen molar-refractivity contribution < 1.29 is 14.3 Å². The first-order valence-corrected chi connectivity index (χ1v) is 7.99. The van der Waals surface area contributed by atoms with E-state index >= 15 is 0 Å². The highest BCUT2D eigenvalue weighted by molar-refractivity contribution is 5.95. The van der Waals surface area contributed by atoms with Crippen LogP contribution in [0.3, 0.4) is 0 Å². The van der Waals surface area contributed by atoms with Crippen LogP contribution in [0.1, 0.15) is 29.2 Å². The van der Waals surface area contributed by atoms with Gasteiger partial charge in [-0.3, -0.25) is 9.59 Å². The van der Waals surface area contributed by atoms with Gasteiger partial charge in [-0.05, 0) is 50.5 Å². The molecule has 0 aliphatic carbocycles. The maximum Gasteiger partial charge on any atom is 0.311 e. The molecule has 0 saturated carbocycles. The van der Waals surface area contributed by atoms with Crippen molar-refractivity contribution in [1.82, 2.24) is 0 Å². The highest BCUT2D eigenvalue weighted by Gasteiger charge is 2.19. The molecule has 0 radical (unpaired) electrons. The van der Waals surface area contributed by atoms with Gasteiger partial charge >= 0.3 is 5.97 Å². The molecule has 126 valence electrons. The molecular weight excluding hydrogens is 302 g/mol. The Balaban J connectivity index is 1.93. The molecule has 2 aromatic rings. The number of hydrogen-bond donors (Lipinski definition) is 1. The van der Waals surface area contributed by atoms with E-state index in [0.717, 1.165) is 27.9 Å². The van der Waals surface area contributed by atoms with Crippen molar-refractivity contribution in [2.24, 2.45) is 0 Å². The molecule has 1 N–H and O–H groups in total. The van der Waals surface area contributed by atoms with Crippen LogP contribution in [0.25, 0.3) is 0 Å². The number of carbonyl (C=O) groups is 2. The lowest BCUT2D eigenvalue weighted by molar-refractivity contribution is -0.152. The third-order valence-corrected chi connectivity index (χ3v) is 3.91. The van der Waals surface area contributed by atoms with Gasteiger partial charge in [-0.2, -0.15) is 0 Å². The molecule has 0 saturated heterocycles. The fourth-order valence-corrected chi connectivity index (χ4v) is 2.44. The number of nitrogens with one attached hydrogen (secondary N) is 1. The molecular formula is C20H23NO3. The Morgan fingerprint density at radius 1 is 1.04 bits per heavy atom. The standard InChI is InChI=1S/C20H23NO3/c1-13-9-10-18(15(3)11-13)21-20(23)16(4)24-19(22)12-17-8-6-5-7-14(17)2/h5-11,16H,12H2,1-4H3,(H,21,23)/t16-/m0/s1. The van der Waals surface area contributed by atoms with E-state index in [9.17, 15) is 9.59 Å². The zero-order valence-corrected chi connectivity index (χ0v) is 14.6. The Labute approximate surface area is 142 Å². The van der Waals surface area contributed by atoms with Crippen molar-refractivity contribution in [3.63, 3.8) is 0 Å². The van der Waals surface area contributed by atoms with Crippen LogP contribution in [-0.4, -0.2) is 18.0 Å². The first kappa shape index (κ1) is 17.7. The van der Waals surface area contributed by atoms with Crippen LogP contribution in [0.5, 0.6) is 0 Å². The SMILES string of the molecule is Cc1ccc(NC(=O)[C@H](C)OC(=O)Cc2ccccc2C)c(C)c1. The van der Waals surface area contributed by atoms with Gasteiger partial charge in [0.2, 0.25) is 0 Å². The second-order valence-electron chi connectivity index (χ2n) is 6.04. The topological polar surface area (TPSA) is 55.4 Å². The summed E-state index contributed by atoms with van der Waals surface area (Å²) in [6, 6.07) is 13.4. The molecule has 2 rings (SSSR count). The number of hydrogen-bond acceptors (Lipinski definition) is 3. The molecule has 4 nitrogen and oxygen atoms in total. The minimum absolute atomic E-state index is 0.161. The largest absolute Gasteiger partial charge is 0.452 e. The fourth-order valence-electron chi connectivity index (χ4n) is 2.44. The maximum absolute atomic E-state index is 12.2. The van der Waals surface area contributed by atoms with Gasteiger partial charge in [-0.1, -0.05) is 42.0 Å². The van der Waals surface area contributed by atoms with Crippen molar-refractivity contribution >= 4 is 17.6 Å². The number of anilines is 1. The van der Waals surface area contributed by atoms with Crippen LogP contribution in [0.4, 0.5) is 5.69 Å². The number of ether oxygens (including phenoxy) is 1. The molecule has 24 heavy (non-hydrogen) atoms. The van der Waals surface area contributed by atoms with Gasteiger partial charge in [0, 0.05) is 5.69 Å². The van der Waals surface area contributed by atoms with Gasteiger partial charge < -0.3 is 10.1 Å².